The number of hydrogen-bond donors (Lipinski definition) is 0. The quantitative estimate of drug-likeness (QED) is 0.724. The molecule has 2 heteroatoms. The minimum atomic E-state index is 0.565. The van der Waals surface area contributed by atoms with Crippen molar-refractivity contribution in [3.63, 3.8) is 0 Å². The number of hydrogen-bond acceptors (Lipinski definition) is 1. The molecule has 0 aliphatic rings. The molecule has 92 valence electrons. The molecule has 1 nitrogen and oxygen atoms in total. The Labute approximate surface area is 116 Å². The van der Waals surface area contributed by atoms with E-state index < -0.39 is 0 Å². The Kier molecular flexibility index (Phi) is 4.59. The Morgan fingerprint density at radius 1 is 1.00 bits per heavy atom. The maximum absolute atomic E-state index is 5.88. The molecule has 0 aromatic heterocycles. The number of halogens is 1. The van der Waals surface area contributed by atoms with Crippen molar-refractivity contribution < 1.29 is 4.74 Å². The van der Waals surface area contributed by atoms with E-state index in [0.717, 1.165) is 22.2 Å². The molecule has 0 N–H and O–H groups in total. The summed E-state index contributed by atoms with van der Waals surface area (Å²) in [7, 11) is 0. The minimum absolute atomic E-state index is 0.565. The average molecular weight is 303 g/mol. The highest BCUT2D eigenvalue weighted by Crippen LogP contribution is 2.22. The van der Waals surface area contributed by atoms with E-state index >= 15 is 0 Å². The van der Waals surface area contributed by atoms with Gasteiger partial charge in [0.15, 0.2) is 0 Å². The van der Waals surface area contributed by atoms with E-state index in [1.54, 1.807) is 0 Å². The molecule has 0 radical (unpaired) electrons. The van der Waals surface area contributed by atoms with E-state index in [1.807, 2.05) is 42.5 Å². The molecule has 2 aromatic rings. The molecule has 18 heavy (non-hydrogen) atoms. The summed E-state index contributed by atoms with van der Waals surface area (Å²) in [6.45, 7) is 4.33. The van der Waals surface area contributed by atoms with Gasteiger partial charge in [0.1, 0.15) is 12.4 Å². The van der Waals surface area contributed by atoms with E-state index in [9.17, 15) is 0 Å². The molecular formula is C16H15BrO. The zero-order chi connectivity index (χ0) is 12.8. The van der Waals surface area contributed by atoms with E-state index in [1.165, 1.54) is 5.56 Å². The largest absolute Gasteiger partial charge is 0.489 e. The number of rotatable bonds is 5. The number of ether oxygens (including phenoxy) is 1. The fourth-order valence-electron chi connectivity index (χ4n) is 1.74. The van der Waals surface area contributed by atoms with Gasteiger partial charge in [-0.25, -0.2) is 0 Å². The molecular weight excluding hydrogens is 288 g/mol. The third kappa shape index (κ3) is 3.23. The fraction of sp³-hybridized carbons (Fsp3) is 0.125. The molecule has 0 saturated heterocycles. The van der Waals surface area contributed by atoms with Crippen molar-refractivity contribution in [1.82, 2.24) is 0 Å². The van der Waals surface area contributed by atoms with Crippen LogP contribution >= 0.6 is 15.9 Å². The van der Waals surface area contributed by atoms with Crippen molar-refractivity contribution in [3.05, 3.63) is 76.8 Å². The van der Waals surface area contributed by atoms with E-state index in [-0.39, 0.29) is 0 Å². The van der Waals surface area contributed by atoms with Gasteiger partial charge in [0, 0.05) is 10.0 Å². The maximum atomic E-state index is 5.88. The van der Waals surface area contributed by atoms with Crippen LogP contribution in [0.5, 0.6) is 5.75 Å². The SMILES string of the molecule is C=CCc1ccccc1OCc1ccccc1Br. The van der Waals surface area contributed by atoms with Gasteiger partial charge in [0.05, 0.1) is 0 Å². The zero-order valence-corrected chi connectivity index (χ0v) is 11.7. The Bertz CT molecular complexity index is 534. The highest BCUT2D eigenvalue weighted by molar-refractivity contribution is 9.10. The molecule has 2 aromatic carbocycles. The monoisotopic (exact) mass is 302 g/mol. The summed E-state index contributed by atoms with van der Waals surface area (Å²) in [5, 5.41) is 0. The molecule has 0 atom stereocenters. The molecule has 0 unspecified atom stereocenters. The van der Waals surface area contributed by atoms with Gasteiger partial charge in [0.2, 0.25) is 0 Å². The molecule has 0 aliphatic carbocycles. The lowest BCUT2D eigenvalue weighted by atomic mass is 10.1. The van der Waals surface area contributed by atoms with Crippen molar-refractivity contribution in [2.45, 2.75) is 13.0 Å². The summed E-state index contributed by atoms with van der Waals surface area (Å²) < 4.78 is 6.95. The van der Waals surface area contributed by atoms with Gasteiger partial charge >= 0.3 is 0 Å². The topological polar surface area (TPSA) is 9.23 Å². The summed E-state index contributed by atoms with van der Waals surface area (Å²) in [6, 6.07) is 16.2. The molecule has 0 spiro atoms. The lowest BCUT2D eigenvalue weighted by Gasteiger charge is -2.11. The highest BCUT2D eigenvalue weighted by atomic mass is 79.9. The Balaban J connectivity index is 2.11. The number of benzene rings is 2. The van der Waals surface area contributed by atoms with Crippen molar-refractivity contribution in [1.29, 1.82) is 0 Å². The molecule has 0 fully saturated rings. The lowest BCUT2D eigenvalue weighted by Crippen LogP contribution is -1.98. The average Bonchev–Trinajstić information content (AvgIpc) is 2.40. The fourth-order valence-corrected chi connectivity index (χ4v) is 2.14. The highest BCUT2D eigenvalue weighted by Gasteiger charge is 2.03. The van der Waals surface area contributed by atoms with Gasteiger partial charge < -0.3 is 4.74 Å². The standard InChI is InChI=1S/C16H15BrO/c1-2-7-13-8-4-6-11-16(13)18-12-14-9-3-5-10-15(14)17/h2-6,8-11H,1,7,12H2. The van der Waals surface area contributed by atoms with Gasteiger partial charge in [-0.15, -0.1) is 6.58 Å². The van der Waals surface area contributed by atoms with E-state index in [0.29, 0.717) is 6.61 Å². The Morgan fingerprint density at radius 2 is 1.67 bits per heavy atom. The van der Waals surface area contributed by atoms with Crippen molar-refractivity contribution in [2.24, 2.45) is 0 Å². The van der Waals surface area contributed by atoms with Crippen molar-refractivity contribution in [3.8, 4) is 5.75 Å². The van der Waals surface area contributed by atoms with Crippen LogP contribution < -0.4 is 4.74 Å². The second kappa shape index (κ2) is 6.41. The van der Waals surface area contributed by atoms with Crippen LogP contribution in [0.25, 0.3) is 0 Å². The van der Waals surface area contributed by atoms with Crippen molar-refractivity contribution >= 4 is 15.9 Å². The first-order chi connectivity index (χ1) is 8.81. The maximum Gasteiger partial charge on any atom is 0.123 e. The summed E-state index contributed by atoms with van der Waals surface area (Å²) in [4.78, 5) is 0. The summed E-state index contributed by atoms with van der Waals surface area (Å²) in [6.07, 6.45) is 2.72. The second-order valence-corrected chi connectivity index (χ2v) is 4.83. The first-order valence-electron chi connectivity index (χ1n) is 5.86. The Morgan fingerprint density at radius 3 is 2.39 bits per heavy atom. The van der Waals surface area contributed by atoms with E-state index in [2.05, 4.69) is 34.6 Å². The van der Waals surface area contributed by atoms with Crippen LogP contribution in [-0.2, 0) is 13.0 Å². The molecule has 0 saturated carbocycles. The number of para-hydroxylation sites is 1. The molecule has 0 amide bonds. The third-order valence-corrected chi connectivity index (χ3v) is 3.45. The minimum Gasteiger partial charge on any atom is -0.489 e. The third-order valence-electron chi connectivity index (χ3n) is 2.68. The summed E-state index contributed by atoms with van der Waals surface area (Å²) in [5.74, 6) is 0.924. The van der Waals surface area contributed by atoms with Crippen molar-refractivity contribution in [2.75, 3.05) is 0 Å². The van der Waals surface area contributed by atoms with Crippen LogP contribution in [0.15, 0.2) is 65.7 Å². The van der Waals surface area contributed by atoms with Crippen LogP contribution in [0.4, 0.5) is 0 Å². The van der Waals surface area contributed by atoms with Gasteiger partial charge in [-0.05, 0) is 24.1 Å². The van der Waals surface area contributed by atoms with Gasteiger partial charge in [0.25, 0.3) is 0 Å². The summed E-state index contributed by atoms with van der Waals surface area (Å²) >= 11 is 3.52. The Hall–Kier alpha value is -1.54. The van der Waals surface area contributed by atoms with Gasteiger partial charge in [-0.2, -0.15) is 0 Å². The van der Waals surface area contributed by atoms with Crippen LogP contribution in [0, 0.1) is 0 Å². The van der Waals surface area contributed by atoms with Crippen LogP contribution in [0.1, 0.15) is 11.1 Å². The predicted molar refractivity (Wildman–Crippen MR) is 78.8 cm³/mol. The van der Waals surface area contributed by atoms with Crippen LogP contribution in [-0.4, -0.2) is 0 Å². The van der Waals surface area contributed by atoms with Gasteiger partial charge in [-0.3, -0.25) is 0 Å². The van der Waals surface area contributed by atoms with Crippen LogP contribution in [0.3, 0.4) is 0 Å². The molecule has 0 aliphatic heterocycles. The lowest BCUT2D eigenvalue weighted by molar-refractivity contribution is 0.303. The normalized spacial score (nSPS) is 10.1. The molecule has 0 heterocycles. The zero-order valence-electron chi connectivity index (χ0n) is 10.1. The number of allylic oxidation sites excluding steroid dienone is 1. The second-order valence-electron chi connectivity index (χ2n) is 3.98. The van der Waals surface area contributed by atoms with Gasteiger partial charge in [-0.1, -0.05) is 58.4 Å². The van der Waals surface area contributed by atoms with E-state index in [4.69, 9.17) is 4.74 Å². The first-order valence-corrected chi connectivity index (χ1v) is 6.65. The smallest absolute Gasteiger partial charge is 0.123 e. The molecule has 2 rings (SSSR count). The first kappa shape index (κ1) is 12.9. The molecule has 0 bridgehead atoms. The summed E-state index contributed by atoms with van der Waals surface area (Å²) in [5.41, 5.74) is 2.31. The predicted octanol–water partition coefficient (Wildman–Crippen LogP) is 4.76. The van der Waals surface area contributed by atoms with Crippen LogP contribution in [0.2, 0.25) is 0 Å².